The Hall–Kier alpha value is -2.56. The third-order valence-electron chi connectivity index (χ3n) is 7.83. The topological polar surface area (TPSA) is 95.9 Å². The number of benzene rings is 1. The zero-order chi connectivity index (χ0) is 28.7. The van der Waals surface area contributed by atoms with Crippen molar-refractivity contribution in [2.45, 2.75) is 65.2 Å². The summed E-state index contributed by atoms with van der Waals surface area (Å²) in [4.78, 5) is 17.8. The first kappa shape index (κ1) is 31.0. The summed E-state index contributed by atoms with van der Waals surface area (Å²) in [6.07, 6.45) is 2.53. The molecule has 0 spiro atoms. The monoisotopic (exact) mass is 559 g/mol. The van der Waals surface area contributed by atoms with Crippen molar-refractivity contribution in [1.29, 1.82) is 0 Å². The zero-order valence-electron chi connectivity index (χ0n) is 24.7. The van der Waals surface area contributed by atoms with Crippen LogP contribution in [0.4, 0.5) is 5.82 Å². The van der Waals surface area contributed by atoms with Crippen molar-refractivity contribution in [3.05, 3.63) is 40.6 Å². The SMILES string of the molecule is CCN(CC)CC1CCN(c2cc(C)c(CC(=O)CCN(C)S(=O)(=O)c3c(C)cc(OC)cc3C)nn2)CC1. The second kappa shape index (κ2) is 13.7. The van der Waals surface area contributed by atoms with Crippen LogP contribution in [0.1, 0.15) is 55.5 Å². The predicted molar refractivity (Wildman–Crippen MR) is 155 cm³/mol. The van der Waals surface area contributed by atoms with Gasteiger partial charge in [-0.3, -0.25) is 4.79 Å². The molecule has 0 bridgehead atoms. The van der Waals surface area contributed by atoms with Gasteiger partial charge in [-0.1, -0.05) is 13.8 Å². The fourth-order valence-corrected chi connectivity index (χ4v) is 6.86. The quantitative estimate of drug-likeness (QED) is 0.366. The number of ketones is 1. The molecular weight excluding hydrogens is 514 g/mol. The van der Waals surface area contributed by atoms with Crippen LogP contribution < -0.4 is 9.64 Å². The average Bonchev–Trinajstić information content (AvgIpc) is 2.91. The third kappa shape index (κ3) is 7.77. The molecular formula is C29H45N5O4S. The van der Waals surface area contributed by atoms with Crippen LogP contribution in [0, 0.1) is 26.7 Å². The van der Waals surface area contributed by atoms with Crippen LogP contribution in [0.3, 0.4) is 0 Å². The lowest BCUT2D eigenvalue weighted by Crippen LogP contribution is -2.39. The molecule has 0 saturated carbocycles. The highest BCUT2D eigenvalue weighted by Gasteiger charge is 2.26. The minimum atomic E-state index is -3.74. The van der Waals surface area contributed by atoms with Gasteiger partial charge in [0.25, 0.3) is 0 Å². The van der Waals surface area contributed by atoms with E-state index in [4.69, 9.17) is 4.74 Å². The second-order valence-electron chi connectivity index (χ2n) is 10.6. The van der Waals surface area contributed by atoms with Crippen molar-refractivity contribution in [3.8, 4) is 5.75 Å². The Morgan fingerprint density at radius 3 is 2.18 bits per heavy atom. The van der Waals surface area contributed by atoms with Gasteiger partial charge in [-0.05, 0) is 87.5 Å². The van der Waals surface area contributed by atoms with Crippen molar-refractivity contribution in [3.63, 3.8) is 0 Å². The Balaban J connectivity index is 1.55. The fraction of sp³-hybridized carbons (Fsp3) is 0.621. The lowest BCUT2D eigenvalue weighted by atomic mass is 9.96. The highest BCUT2D eigenvalue weighted by Crippen LogP contribution is 2.28. The van der Waals surface area contributed by atoms with E-state index in [9.17, 15) is 13.2 Å². The van der Waals surface area contributed by atoms with Gasteiger partial charge in [-0.25, -0.2) is 12.7 Å². The lowest BCUT2D eigenvalue weighted by molar-refractivity contribution is -0.118. The highest BCUT2D eigenvalue weighted by atomic mass is 32.2. The summed E-state index contributed by atoms with van der Waals surface area (Å²) >= 11 is 0. The second-order valence-corrected chi connectivity index (χ2v) is 12.6. The van der Waals surface area contributed by atoms with Crippen LogP contribution in [-0.2, 0) is 21.2 Å². The van der Waals surface area contributed by atoms with E-state index in [0.29, 0.717) is 28.5 Å². The van der Waals surface area contributed by atoms with E-state index < -0.39 is 10.0 Å². The molecule has 1 aromatic heterocycles. The van der Waals surface area contributed by atoms with Gasteiger partial charge in [0.15, 0.2) is 5.82 Å². The number of rotatable bonds is 13. The van der Waals surface area contributed by atoms with E-state index in [1.807, 2.05) is 13.0 Å². The number of carbonyl (C=O) groups is 1. The Bertz CT molecular complexity index is 1220. The van der Waals surface area contributed by atoms with Crippen LogP contribution in [0.15, 0.2) is 23.1 Å². The number of carbonyl (C=O) groups excluding carboxylic acids is 1. The molecule has 39 heavy (non-hydrogen) atoms. The van der Waals surface area contributed by atoms with Crippen molar-refractivity contribution < 1.29 is 17.9 Å². The number of sulfonamides is 1. The number of Topliss-reactive ketones (excluding diaryl/α,β-unsaturated/α-hetero) is 1. The predicted octanol–water partition coefficient (Wildman–Crippen LogP) is 3.79. The summed E-state index contributed by atoms with van der Waals surface area (Å²) in [5, 5.41) is 8.82. The van der Waals surface area contributed by atoms with Crippen molar-refractivity contribution in [1.82, 2.24) is 19.4 Å². The van der Waals surface area contributed by atoms with Gasteiger partial charge in [-0.2, -0.15) is 5.10 Å². The Kier molecular flexibility index (Phi) is 10.9. The van der Waals surface area contributed by atoms with Crippen molar-refractivity contribution in [2.75, 3.05) is 58.3 Å². The first-order valence-electron chi connectivity index (χ1n) is 13.9. The molecule has 1 aliphatic rings. The molecule has 2 aromatic rings. The first-order chi connectivity index (χ1) is 18.5. The number of hydrogen-bond acceptors (Lipinski definition) is 8. The standard InChI is InChI=1S/C29H45N5O4S/c1-8-33(9-2)20-24-10-14-34(15-11-24)28-18-21(3)27(30-31-28)19-25(35)12-13-32(6)39(36,37)29-22(4)16-26(38-7)17-23(29)5/h16-18,24H,8-15,19-20H2,1-7H3. The summed E-state index contributed by atoms with van der Waals surface area (Å²) in [5.41, 5.74) is 2.81. The number of hydrogen-bond donors (Lipinski definition) is 0. The number of nitrogens with zero attached hydrogens (tertiary/aromatic N) is 5. The maximum Gasteiger partial charge on any atom is 0.243 e. The minimum absolute atomic E-state index is 0.0670. The molecule has 1 aliphatic heterocycles. The number of methoxy groups -OCH3 is 1. The van der Waals surface area contributed by atoms with Crippen LogP contribution in [0.5, 0.6) is 5.75 Å². The summed E-state index contributed by atoms with van der Waals surface area (Å²) in [6.45, 7) is 15.3. The number of piperidine rings is 1. The van der Waals surface area contributed by atoms with Gasteiger partial charge < -0.3 is 14.5 Å². The van der Waals surface area contributed by atoms with E-state index in [0.717, 1.165) is 56.9 Å². The van der Waals surface area contributed by atoms with Crippen molar-refractivity contribution >= 4 is 21.6 Å². The third-order valence-corrected chi connectivity index (χ3v) is 9.99. The molecule has 0 N–H and O–H groups in total. The van der Waals surface area contributed by atoms with E-state index in [1.165, 1.54) is 11.4 Å². The summed E-state index contributed by atoms with van der Waals surface area (Å²) in [5.74, 6) is 2.12. The van der Waals surface area contributed by atoms with E-state index in [1.54, 1.807) is 33.1 Å². The molecule has 3 rings (SSSR count). The molecule has 1 saturated heterocycles. The molecule has 0 aliphatic carbocycles. The van der Waals surface area contributed by atoms with Gasteiger partial charge >= 0.3 is 0 Å². The highest BCUT2D eigenvalue weighted by molar-refractivity contribution is 7.89. The maximum atomic E-state index is 13.2. The molecule has 2 heterocycles. The number of anilines is 1. The smallest absolute Gasteiger partial charge is 0.243 e. The van der Waals surface area contributed by atoms with Crippen LogP contribution in [0.25, 0.3) is 0 Å². The molecule has 9 nitrogen and oxygen atoms in total. The normalized spacial score (nSPS) is 14.8. The van der Waals surface area contributed by atoms with Crippen molar-refractivity contribution in [2.24, 2.45) is 5.92 Å². The van der Waals surface area contributed by atoms with Gasteiger partial charge in [0.05, 0.1) is 24.1 Å². The van der Waals surface area contributed by atoms with Crippen LogP contribution in [-0.4, -0.2) is 87.0 Å². The van der Waals surface area contributed by atoms with E-state index >= 15 is 0 Å². The Morgan fingerprint density at radius 2 is 1.64 bits per heavy atom. The maximum absolute atomic E-state index is 13.2. The molecule has 0 unspecified atom stereocenters. The molecule has 1 fully saturated rings. The number of ether oxygens (including phenoxy) is 1. The van der Waals surface area contributed by atoms with Crippen LogP contribution in [0.2, 0.25) is 0 Å². The molecule has 0 amide bonds. The van der Waals surface area contributed by atoms with Crippen LogP contribution >= 0.6 is 0 Å². The summed E-state index contributed by atoms with van der Waals surface area (Å²) in [7, 11) is -0.682. The fourth-order valence-electron chi connectivity index (χ4n) is 5.29. The Morgan fingerprint density at radius 1 is 1.03 bits per heavy atom. The minimum Gasteiger partial charge on any atom is -0.497 e. The average molecular weight is 560 g/mol. The van der Waals surface area contributed by atoms with Gasteiger partial charge in [0, 0.05) is 39.6 Å². The molecule has 0 radical (unpaired) electrons. The zero-order valence-corrected chi connectivity index (χ0v) is 25.5. The lowest BCUT2D eigenvalue weighted by Gasteiger charge is -2.35. The molecule has 1 aromatic carbocycles. The van der Waals surface area contributed by atoms with Gasteiger partial charge in [-0.15, -0.1) is 5.10 Å². The first-order valence-corrected chi connectivity index (χ1v) is 15.4. The van der Waals surface area contributed by atoms with E-state index in [2.05, 4.69) is 33.8 Å². The summed E-state index contributed by atoms with van der Waals surface area (Å²) in [6, 6.07) is 5.43. The molecule has 10 heteroatoms. The summed E-state index contributed by atoms with van der Waals surface area (Å²) < 4.78 is 33.0. The number of aromatic nitrogens is 2. The molecule has 216 valence electrons. The van der Waals surface area contributed by atoms with Gasteiger partial charge in [0.1, 0.15) is 11.5 Å². The number of aryl methyl sites for hydroxylation is 3. The largest absolute Gasteiger partial charge is 0.497 e. The Labute approximate surface area is 234 Å². The van der Waals surface area contributed by atoms with E-state index in [-0.39, 0.29) is 30.1 Å². The van der Waals surface area contributed by atoms with Gasteiger partial charge in [0.2, 0.25) is 10.0 Å². The molecule has 0 atom stereocenters.